The first-order chi connectivity index (χ1) is 9.20. The average molecular weight is 277 g/mol. The van der Waals surface area contributed by atoms with Gasteiger partial charge in [0.05, 0.1) is 5.02 Å². The highest BCUT2D eigenvalue weighted by molar-refractivity contribution is 6.32. The number of hydrogen-bond acceptors (Lipinski definition) is 2. The predicted octanol–water partition coefficient (Wildman–Crippen LogP) is 4.28. The van der Waals surface area contributed by atoms with Gasteiger partial charge < -0.3 is 9.47 Å². The lowest BCUT2D eigenvalue weighted by Crippen LogP contribution is -1.96. The molecule has 0 N–H and O–H groups in total. The number of hydrogen-bond donors (Lipinski definition) is 0. The van der Waals surface area contributed by atoms with Crippen LogP contribution < -0.4 is 9.47 Å². The Bertz CT molecular complexity index is 620. The second-order valence-electron chi connectivity index (χ2n) is 3.62. The minimum absolute atomic E-state index is 0.136. The van der Waals surface area contributed by atoms with Crippen LogP contribution in [0.1, 0.15) is 0 Å². The lowest BCUT2D eigenvalue weighted by molar-refractivity contribution is 0.346. The number of halogens is 2. The molecule has 2 nitrogen and oxygen atoms in total. The maximum atomic E-state index is 12.9. The Morgan fingerprint density at radius 1 is 1.11 bits per heavy atom. The molecule has 2 aromatic carbocycles. The topological polar surface area (TPSA) is 18.5 Å². The summed E-state index contributed by atoms with van der Waals surface area (Å²) in [6.45, 7) is 0.136. The number of ether oxygens (including phenoxy) is 2. The molecule has 0 amide bonds. The summed E-state index contributed by atoms with van der Waals surface area (Å²) in [7, 11) is 0. The highest BCUT2D eigenvalue weighted by Gasteiger charge is 2.08. The molecule has 0 bridgehead atoms. The zero-order chi connectivity index (χ0) is 13.7. The van der Waals surface area contributed by atoms with Gasteiger partial charge >= 0.3 is 0 Å². The molecular formula is C15H10ClFO2. The highest BCUT2D eigenvalue weighted by Crippen LogP contribution is 2.35. The van der Waals surface area contributed by atoms with Gasteiger partial charge in [-0.15, -0.1) is 6.42 Å². The van der Waals surface area contributed by atoms with E-state index in [1.807, 2.05) is 0 Å². The van der Waals surface area contributed by atoms with Crippen LogP contribution in [0.5, 0.6) is 17.2 Å². The molecule has 0 aliphatic rings. The fourth-order valence-electron chi connectivity index (χ4n) is 1.45. The van der Waals surface area contributed by atoms with Crippen molar-refractivity contribution in [3.05, 3.63) is 53.3 Å². The Labute approximate surface area is 115 Å². The van der Waals surface area contributed by atoms with Gasteiger partial charge in [0.25, 0.3) is 0 Å². The van der Waals surface area contributed by atoms with Crippen LogP contribution in [0.3, 0.4) is 0 Å². The molecule has 0 aromatic heterocycles. The molecule has 96 valence electrons. The van der Waals surface area contributed by atoms with E-state index in [4.69, 9.17) is 27.5 Å². The quantitative estimate of drug-likeness (QED) is 0.776. The van der Waals surface area contributed by atoms with Gasteiger partial charge in [-0.25, -0.2) is 4.39 Å². The van der Waals surface area contributed by atoms with Crippen molar-refractivity contribution in [2.24, 2.45) is 0 Å². The SMILES string of the molecule is C#CCOc1ccccc1Oc1ccc(F)cc1Cl. The summed E-state index contributed by atoms with van der Waals surface area (Å²) < 4.78 is 23.9. The molecule has 0 saturated heterocycles. The molecule has 0 aliphatic heterocycles. The zero-order valence-electron chi connectivity index (χ0n) is 9.90. The summed E-state index contributed by atoms with van der Waals surface area (Å²) in [4.78, 5) is 0. The monoisotopic (exact) mass is 276 g/mol. The van der Waals surface area contributed by atoms with E-state index in [1.54, 1.807) is 24.3 Å². The number of benzene rings is 2. The largest absolute Gasteiger partial charge is 0.477 e. The van der Waals surface area contributed by atoms with Crippen molar-refractivity contribution in [3.63, 3.8) is 0 Å². The predicted molar refractivity (Wildman–Crippen MR) is 72.3 cm³/mol. The molecule has 0 heterocycles. The number of rotatable bonds is 4. The van der Waals surface area contributed by atoms with Crippen LogP contribution in [0.4, 0.5) is 4.39 Å². The van der Waals surface area contributed by atoms with Crippen molar-refractivity contribution >= 4 is 11.6 Å². The Morgan fingerprint density at radius 2 is 1.84 bits per heavy atom. The second-order valence-corrected chi connectivity index (χ2v) is 4.02. The normalized spacial score (nSPS) is 9.74. The van der Waals surface area contributed by atoms with Crippen LogP contribution in [-0.2, 0) is 0 Å². The van der Waals surface area contributed by atoms with Gasteiger partial charge in [0.2, 0.25) is 0 Å². The maximum Gasteiger partial charge on any atom is 0.169 e. The lowest BCUT2D eigenvalue weighted by atomic mass is 10.3. The smallest absolute Gasteiger partial charge is 0.169 e. The standard InChI is InChI=1S/C15H10ClFO2/c1-2-9-18-14-5-3-4-6-15(14)19-13-8-7-11(17)10-12(13)16/h1,3-8,10H,9H2. The summed E-state index contributed by atoms with van der Waals surface area (Å²) in [5, 5.41) is 0.187. The average Bonchev–Trinajstić information content (AvgIpc) is 2.41. The van der Waals surface area contributed by atoms with Crippen LogP contribution >= 0.6 is 11.6 Å². The third kappa shape index (κ3) is 3.40. The first-order valence-electron chi connectivity index (χ1n) is 5.49. The van der Waals surface area contributed by atoms with Gasteiger partial charge in [-0.2, -0.15) is 0 Å². The molecule has 19 heavy (non-hydrogen) atoms. The Hall–Kier alpha value is -2.18. The number of para-hydroxylation sites is 2. The molecule has 4 heteroatoms. The van der Waals surface area contributed by atoms with E-state index < -0.39 is 5.82 Å². The highest BCUT2D eigenvalue weighted by atomic mass is 35.5. The minimum Gasteiger partial charge on any atom is -0.477 e. The zero-order valence-corrected chi connectivity index (χ0v) is 10.7. The van der Waals surface area contributed by atoms with Crippen molar-refractivity contribution in [2.45, 2.75) is 0 Å². The summed E-state index contributed by atoms with van der Waals surface area (Å²) in [6, 6.07) is 10.9. The van der Waals surface area contributed by atoms with E-state index in [0.29, 0.717) is 17.2 Å². The van der Waals surface area contributed by atoms with Crippen molar-refractivity contribution in [1.29, 1.82) is 0 Å². The van der Waals surface area contributed by atoms with Crippen molar-refractivity contribution in [2.75, 3.05) is 6.61 Å². The molecule has 0 radical (unpaired) electrons. The molecule has 2 aromatic rings. The van der Waals surface area contributed by atoms with E-state index in [0.717, 1.165) is 0 Å². The van der Waals surface area contributed by atoms with Gasteiger partial charge in [0.15, 0.2) is 11.5 Å². The van der Waals surface area contributed by atoms with E-state index in [9.17, 15) is 4.39 Å². The van der Waals surface area contributed by atoms with Gasteiger partial charge in [-0.3, -0.25) is 0 Å². The third-order valence-corrected chi connectivity index (χ3v) is 2.57. The molecule has 2 rings (SSSR count). The molecule has 0 atom stereocenters. The second kappa shape index (κ2) is 6.12. The molecule has 0 unspecified atom stereocenters. The maximum absolute atomic E-state index is 12.9. The van der Waals surface area contributed by atoms with Crippen LogP contribution in [0.15, 0.2) is 42.5 Å². The molecule has 0 spiro atoms. The molecule has 0 fully saturated rings. The minimum atomic E-state index is -0.422. The van der Waals surface area contributed by atoms with E-state index in [-0.39, 0.29) is 11.6 Å². The van der Waals surface area contributed by atoms with Crippen LogP contribution in [0, 0.1) is 18.2 Å². The van der Waals surface area contributed by atoms with E-state index in [2.05, 4.69) is 5.92 Å². The fourth-order valence-corrected chi connectivity index (χ4v) is 1.66. The first kappa shape index (κ1) is 13.3. The fraction of sp³-hybridized carbons (Fsp3) is 0.0667. The van der Waals surface area contributed by atoms with Crippen molar-refractivity contribution in [3.8, 4) is 29.6 Å². The summed E-state index contributed by atoms with van der Waals surface area (Å²) in [6.07, 6.45) is 5.14. The molecule has 0 saturated carbocycles. The Morgan fingerprint density at radius 3 is 2.53 bits per heavy atom. The Kier molecular flexibility index (Phi) is 4.27. The van der Waals surface area contributed by atoms with E-state index >= 15 is 0 Å². The number of terminal acetylenes is 1. The van der Waals surface area contributed by atoms with E-state index in [1.165, 1.54) is 18.2 Å². The molecule has 0 aliphatic carbocycles. The summed E-state index contributed by atoms with van der Waals surface area (Å²) in [5.74, 6) is 3.26. The van der Waals surface area contributed by atoms with Gasteiger partial charge in [-0.05, 0) is 30.3 Å². The first-order valence-corrected chi connectivity index (χ1v) is 5.86. The van der Waals surface area contributed by atoms with Crippen LogP contribution in [-0.4, -0.2) is 6.61 Å². The van der Waals surface area contributed by atoms with Gasteiger partial charge in [-0.1, -0.05) is 29.7 Å². The van der Waals surface area contributed by atoms with Gasteiger partial charge in [0, 0.05) is 0 Å². The lowest BCUT2D eigenvalue weighted by Gasteiger charge is -2.11. The van der Waals surface area contributed by atoms with Crippen LogP contribution in [0.2, 0.25) is 5.02 Å². The summed E-state index contributed by atoms with van der Waals surface area (Å²) >= 11 is 5.90. The Balaban J connectivity index is 2.25. The van der Waals surface area contributed by atoms with Crippen molar-refractivity contribution < 1.29 is 13.9 Å². The van der Waals surface area contributed by atoms with Gasteiger partial charge in [0.1, 0.15) is 18.2 Å². The third-order valence-electron chi connectivity index (χ3n) is 2.27. The molecular weight excluding hydrogens is 267 g/mol. The van der Waals surface area contributed by atoms with Crippen molar-refractivity contribution in [1.82, 2.24) is 0 Å². The van der Waals surface area contributed by atoms with Crippen LogP contribution in [0.25, 0.3) is 0 Å². The summed E-state index contributed by atoms with van der Waals surface area (Å²) in [5.41, 5.74) is 0.